The molecule has 0 aliphatic carbocycles. The van der Waals surface area contributed by atoms with E-state index in [9.17, 15) is 4.79 Å². The second-order valence-corrected chi connectivity index (χ2v) is 7.33. The van der Waals surface area contributed by atoms with Gasteiger partial charge < -0.3 is 15.0 Å². The lowest BCUT2D eigenvalue weighted by Gasteiger charge is -2.32. The van der Waals surface area contributed by atoms with Gasteiger partial charge in [-0.25, -0.2) is 0 Å². The fourth-order valence-corrected chi connectivity index (χ4v) is 3.86. The number of nitrogens with zero attached hydrogens (tertiary/aromatic N) is 2. The molecule has 2 fully saturated rings. The first-order valence-electron chi connectivity index (χ1n) is 8.71. The van der Waals surface area contributed by atoms with Gasteiger partial charge >= 0.3 is 0 Å². The molecule has 0 spiro atoms. The lowest BCUT2D eigenvalue weighted by atomic mass is 10.2. The largest absolute Gasteiger partial charge is 0.481 e. The summed E-state index contributed by atoms with van der Waals surface area (Å²) in [6.45, 7) is 7.79. The van der Waals surface area contributed by atoms with Crippen molar-refractivity contribution in [1.29, 1.82) is 0 Å². The lowest BCUT2D eigenvalue weighted by Crippen LogP contribution is -2.50. The quantitative estimate of drug-likeness (QED) is 0.820. The van der Waals surface area contributed by atoms with Gasteiger partial charge in [0.05, 0.1) is 0 Å². The minimum Gasteiger partial charge on any atom is -0.481 e. The van der Waals surface area contributed by atoms with Gasteiger partial charge in [0.1, 0.15) is 5.75 Å². The van der Waals surface area contributed by atoms with E-state index >= 15 is 0 Å². The minimum absolute atomic E-state index is 0.0987. The van der Waals surface area contributed by atoms with E-state index in [0.29, 0.717) is 6.04 Å². The zero-order valence-electron chi connectivity index (χ0n) is 14.5. The van der Waals surface area contributed by atoms with E-state index in [1.807, 2.05) is 42.3 Å². The van der Waals surface area contributed by atoms with Crippen LogP contribution in [0.25, 0.3) is 0 Å². The van der Waals surface area contributed by atoms with Gasteiger partial charge in [-0.1, -0.05) is 0 Å². The topological polar surface area (TPSA) is 44.8 Å². The summed E-state index contributed by atoms with van der Waals surface area (Å²) in [6.07, 6.45) is 2.68. The van der Waals surface area contributed by atoms with Crippen molar-refractivity contribution in [3.63, 3.8) is 0 Å². The molecule has 1 aromatic rings. The Balaban J connectivity index is 1.51. The number of rotatable bonds is 5. The predicted molar refractivity (Wildman–Crippen MR) is 97.7 cm³/mol. The average Bonchev–Trinajstić information content (AvgIpc) is 3.12. The molecular formula is C18H27N3O2S. The smallest absolute Gasteiger partial charge is 0.263 e. The third-order valence-electron chi connectivity index (χ3n) is 4.86. The van der Waals surface area contributed by atoms with Crippen molar-refractivity contribution >= 4 is 17.7 Å². The maximum absolute atomic E-state index is 12.7. The van der Waals surface area contributed by atoms with E-state index in [2.05, 4.69) is 10.2 Å². The number of carbonyl (C=O) groups is 1. The van der Waals surface area contributed by atoms with E-state index in [-0.39, 0.29) is 5.91 Å². The van der Waals surface area contributed by atoms with Crippen molar-refractivity contribution in [3.05, 3.63) is 24.3 Å². The number of thioether (sulfide) groups is 1. The van der Waals surface area contributed by atoms with Crippen LogP contribution in [-0.4, -0.2) is 73.4 Å². The highest BCUT2D eigenvalue weighted by atomic mass is 32.2. The normalized spacial score (nSPS) is 23.2. The molecule has 1 amide bonds. The molecule has 3 rings (SSSR count). The molecule has 0 saturated carbocycles. The van der Waals surface area contributed by atoms with Crippen LogP contribution < -0.4 is 10.1 Å². The molecule has 0 radical (unpaired) electrons. The van der Waals surface area contributed by atoms with Crippen molar-refractivity contribution in [2.45, 2.75) is 30.4 Å². The molecule has 2 heterocycles. The van der Waals surface area contributed by atoms with Crippen LogP contribution in [0.2, 0.25) is 0 Å². The van der Waals surface area contributed by atoms with Gasteiger partial charge in [0, 0.05) is 50.2 Å². The van der Waals surface area contributed by atoms with Gasteiger partial charge in [-0.05, 0) is 43.9 Å². The van der Waals surface area contributed by atoms with Gasteiger partial charge in [-0.2, -0.15) is 0 Å². The van der Waals surface area contributed by atoms with E-state index in [1.54, 1.807) is 11.8 Å². The number of carbonyl (C=O) groups excluding carboxylic acids is 1. The van der Waals surface area contributed by atoms with E-state index < -0.39 is 6.10 Å². The maximum Gasteiger partial charge on any atom is 0.263 e. The van der Waals surface area contributed by atoms with Crippen molar-refractivity contribution in [2.24, 2.45) is 0 Å². The lowest BCUT2D eigenvalue weighted by molar-refractivity contribution is -0.137. The summed E-state index contributed by atoms with van der Waals surface area (Å²) in [5.41, 5.74) is 0. The number of nitrogens with one attached hydrogen (secondary N) is 1. The predicted octanol–water partition coefficient (Wildman–Crippen LogP) is 1.68. The van der Waals surface area contributed by atoms with E-state index in [4.69, 9.17) is 4.74 Å². The Hall–Kier alpha value is -1.24. The van der Waals surface area contributed by atoms with Crippen molar-refractivity contribution in [1.82, 2.24) is 15.1 Å². The number of amides is 1. The Labute approximate surface area is 148 Å². The number of hydrogen-bond acceptors (Lipinski definition) is 5. The summed E-state index contributed by atoms with van der Waals surface area (Å²) in [5, 5.41) is 3.38. The van der Waals surface area contributed by atoms with Crippen molar-refractivity contribution in [2.75, 3.05) is 45.5 Å². The SMILES string of the molecule is CSc1ccc(OC(C)C(=O)N2CCC(N3CCNCC3)C2)cc1. The second-order valence-electron chi connectivity index (χ2n) is 6.45. The van der Waals surface area contributed by atoms with Gasteiger partial charge in [0.2, 0.25) is 0 Å². The molecule has 132 valence electrons. The van der Waals surface area contributed by atoms with E-state index in [1.165, 1.54) is 4.90 Å². The maximum atomic E-state index is 12.7. The van der Waals surface area contributed by atoms with Crippen LogP contribution in [0.4, 0.5) is 0 Å². The summed E-state index contributed by atoms with van der Waals surface area (Å²) >= 11 is 1.70. The Morgan fingerprint density at radius 2 is 1.96 bits per heavy atom. The summed E-state index contributed by atoms with van der Waals surface area (Å²) in [5.74, 6) is 0.855. The molecule has 1 N–H and O–H groups in total. The molecule has 6 heteroatoms. The highest BCUT2D eigenvalue weighted by molar-refractivity contribution is 7.98. The van der Waals surface area contributed by atoms with Crippen LogP contribution in [0.3, 0.4) is 0 Å². The number of piperazine rings is 1. The first-order valence-corrected chi connectivity index (χ1v) is 9.94. The van der Waals surface area contributed by atoms with Crippen LogP contribution >= 0.6 is 11.8 Å². The third-order valence-corrected chi connectivity index (χ3v) is 5.61. The molecule has 2 saturated heterocycles. The van der Waals surface area contributed by atoms with Gasteiger partial charge in [-0.15, -0.1) is 11.8 Å². The summed E-state index contributed by atoms with van der Waals surface area (Å²) in [7, 11) is 0. The molecule has 1 aromatic carbocycles. The first-order chi connectivity index (χ1) is 11.7. The molecule has 0 aromatic heterocycles. The molecule has 2 unspecified atom stereocenters. The summed E-state index contributed by atoms with van der Waals surface area (Å²) in [4.78, 5) is 18.3. The Morgan fingerprint density at radius 1 is 1.25 bits per heavy atom. The fraction of sp³-hybridized carbons (Fsp3) is 0.611. The minimum atomic E-state index is -0.438. The van der Waals surface area contributed by atoms with Crippen LogP contribution in [0.15, 0.2) is 29.2 Å². The van der Waals surface area contributed by atoms with E-state index in [0.717, 1.165) is 51.4 Å². The average molecular weight is 350 g/mol. The monoisotopic (exact) mass is 349 g/mol. The van der Waals surface area contributed by atoms with Gasteiger partial charge in [-0.3, -0.25) is 9.69 Å². The zero-order valence-corrected chi connectivity index (χ0v) is 15.3. The molecule has 5 nitrogen and oxygen atoms in total. The molecular weight excluding hydrogens is 322 g/mol. The standard InChI is InChI=1S/C18H27N3O2S/c1-14(23-16-3-5-17(24-2)6-4-16)18(22)21-10-7-15(13-21)20-11-8-19-9-12-20/h3-6,14-15,19H,7-13H2,1-2H3. The first kappa shape index (κ1) is 17.6. The molecule has 2 aliphatic heterocycles. The second kappa shape index (κ2) is 8.23. The van der Waals surface area contributed by atoms with Gasteiger partial charge in [0.25, 0.3) is 5.91 Å². The number of ether oxygens (including phenoxy) is 1. The van der Waals surface area contributed by atoms with Gasteiger partial charge in [0.15, 0.2) is 6.10 Å². The van der Waals surface area contributed by atoms with Crippen molar-refractivity contribution in [3.8, 4) is 5.75 Å². The summed E-state index contributed by atoms with van der Waals surface area (Å²) < 4.78 is 5.84. The molecule has 2 aliphatic rings. The Bertz CT molecular complexity index is 546. The Kier molecular flexibility index (Phi) is 6.03. The van der Waals surface area contributed by atoms with Crippen LogP contribution in [0.1, 0.15) is 13.3 Å². The number of hydrogen-bond donors (Lipinski definition) is 1. The van der Waals surface area contributed by atoms with Crippen LogP contribution in [-0.2, 0) is 4.79 Å². The highest BCUT2D eigenvalue weighted by Gasteiger charge is 2.33. The Morgan fingerprint density at radius 3 is 2.62 bits per heavy atom. The number of benzene rings is 1. The van der Waals surface area contributed by atoms with Crippen molar-refractivity contribution < 1.29 is 9.53 Å². The zero-order chi connectivity index (χ0) is 16.9. The number of likely N-dealkylation sites (tertiary alicyclic amines) is 1. The molecule has 0 bridgehead atoms. The van der Waals surface area contributed by atoms with Crippen LogP contribution in [0, 0.1) is 0 Å². The highest BCUT2D eigenvalue weighted by Crippen LogP contribution is 2.21. The molecule has 2 atom stereocenters. The fourth-order valence-electron chi connectivity index (χ4n) is 3.45. The summed E-state index contributed by atoms with van der Waals surface area (Å²) in [6, 6.07) is 8.41. The third kappa shape index (κ3) is 4.23. The molecule has 24 heavy (non-hydrogen) atoms. The van der Waals surface area contributed by atoms with Crippen LogP contribution in [0.5, 0.6) is 5.75 Å².